The lowest BCUT2D eigenvalue weighted by molar-refractivity contribution is -0.119. The van der Waals surface area contributed by atoms with Gasteiger partial charge >= 0.3 is 6.09 Å². The number of carbonyl (C=O) groups excluding carboxylic acids is 2. The molecule has 2 aromatic rings. The molecule has 1 aromatic heterocycles. The summed E-state index contributed by atoms with van der Waals surface area (Å²) in [5.41, 5.74) is -0.285. The number of anilines is 1. The largest absolute Gasteiger partial charge is 0.442 e. The summed E-state index contributed by atoms with van der Waals surface area (Å²) in [6.07, 6.45) is 1.49. The molecule has 2 amide bonds. The van der Waals surface area contributed by atoms with Crippen LogP contribution in [0.25, 0.3) is 5.69 Å². The van der Waals surface area contributed by atoms with Gasteiger partial charge in [-0.3, -0.25) is 9.69 Å². The summed E-state index contributed by atoms with van der Waals surface area (Å²) in [4.78, 5) is 25.1. The number of carbonyl (C=O) groups is 2. The molecule has 0 saturated carbocycles. The van der Waals surface area contributed by atoms with Crippen molar-refractivity contribution in [1.82, 2.24) is 9.88 Å². The number of benzene rings is 1. The lowest BCUT2D eigenvalue weighted by Crippen LogP contribution is -2.33. The highest BCUT2D eigenvalue weighted by Gasteiger charge is 2.35. The Kier molecular flexibility index (Phi) is 3.79. The lowest BCUT2D eigenvalue weighted by atomic mass is 10.2. The van der Waals surface area contributed by atoms with Gasteiger partial charge in [0.1, 0.15) is 11.8 Å². The number of nitrogens with zero attached hydrogens (tertiary/aromatic N) is 2. The zero-order valence-corrected chi connectivity index (χ0v) is 14.3. The fourth-order valence-corrected chi connectivity index (χ4v) is 3.79. The van der Waals surface area contributed by atoms with E-state index in [0.717, 1.165) is 17.0 Å². The maximum absolute atomic E-state index is 14.5. The van der Waals surface area contributed by atoms with Crippen molar-refractivity contribution in [3.05, 3.63) is 36.2 Å². The molecule has 0 spiro atoms. The van der Waals surface area contributed by atoms with Crippen molar-refractivity contribution in [3.63, 3.8) is 0 Å². The van der Waals surface area contributed by atoms with Crippen LogP contribution in [0.5, 0.6) is 0 Å². The second-order valence-corrected chi connectivity index (χ2v) is 7.39. The Hall–Kier alpha value is -2.75. The first kappa shape index (κ1) is 16.7. The van der Waals surface area contributed by atoms with E-state index in [2.05, 4.69) is 5.32 Å². The number of aromatic nitrogens is 1. The van der Waals surface area contributed by atoms with Crippen molar-refractivity contribution in [2.45, 2.75) is 22.8 Å². The van der Waals surface area contributed by atoms with E-state index < -0.39 is 34.6 Å². The van der Waals surface area contributed by atoms with E-state index in [1.165, 1.54) is 23.9 Å². The fourth-order valence-electron chi connectivity index (χ4n) is 2.85. The third-order valence-corrected chi connectivity index (χ3v) is 5.38. The van der Waals surface area contributed by atoms with Gasteiger partial charge in [-0.25, -0.2) is 17.8 Å². The molecule has 10 heteroatoms. The van der Waals surface area contributed by atoms with E-state index in [1.807, 2.05) is 0 Å². The van der Waals surface area contributed by atoms with Gasteiger partial charge in [0, 0.05) is 31.5 Å². The standard InChI is InChI=1S/C16H13F2N3O4S/c1-8(22)19-4-10-5-21(16(23)25-10)9-2-11(17)15(12(18)3-9)20-6-13-14(7-20)26(13)24/h2-3,6-7,10H,4-5H2,1H3,(H,19,22). The molecule has 2 aliphatic rings. The molecule has 3 heterocycles. The molecule has 0 bridgehead atoms. The van der Waals surface area contributed by atoms with Crippen LogP contribution in [-0.4, -0.2) is 40.0 Å². The molecular weight excluding hydrogens is 368 g/mol. The predicted molar refractivity (Wildman–Crippen MR) is 86.7 cm³/mol. The van der Waals surface area contributed by atoms with E-state index in [0.29, 0.717) is 9.79 Å². The minimum absolute atomic E-state index is 0.0207. The quantitative estimate of drug-likeness (QED) is 0.698. The van der Waals surface area contributed by atoms with E-state index >= 15 is 0 Å². The van der Waals surface area contributed by atoms with Gasteiger partial charge in [0.15, 0.2) is 11.6 Å². The second kappa shape index (κ2) is 5.90. The minimum Gasteiger partial charge on any atom is -0.442 e. The van der Waals surface area contributed by atoms with Crippen LogP contribution in [0.2, 0.25) is 0 Å². The van der Waals surface area contributed by atoms with Gasteiger partial charge in [0.25, 0.3) is 0 Å². The van der Waals surface area contributed by atoms with Gasteiger partial charge in [0.2, 0.25) is 5.91 Å². The maximum atomic E-state index is 14.5. The average molecular weight is 381 g/mol. The van der Waals surface area contributed by atoms with Crippen LogP contribution in [0.4, 0.5) is 19.3 Å². The summed E-state index contributed by atoms with van der Waals surface area (Å²) in [7, 11) is -1.15. The van der Waals surface area contributed by atoms with E-state index in [9.17, 15) is 22.6 Å². The molecular formula is C16H13F2N3O4S. The number of hydrogen-bond donors (Lipinski definition) is 1. The summed E-state index contributed by atoms with van der Waals surface area (Å²) in [6.45, 7) is 1.52. The molecule has 1 unspecified atom stereocenters. The van der Waals surface area contributed by atoms with Gasteiger partial charge in [-0.05, 0) is 0 Å². The van der Waals surface area contributed by atoms with Crippen molar-refractivity contribution < 1.29 is 27.3 Å². The summed E-state index contributed by atoms with van der Waals surface area (Å²) in [5, 5.41) is 2.53. The molecule has 1 atom stereocenters. The van der Waals surface area contributed by atoms with Gasteiger partial charge < -0.3 is 14.6 Å². The first-order chi connectivity index (χ1) is 12.3. The van der Waals surface area contributed by atoms with Gasteiger partial charge in [0.05, 0.1) is 39.4 Å². The van der Waals surface area contributed by atoms with Crippen molar-refractivity contribution in [1.29, 1.82) is 0 Å². The normalized spacial score (nSPS) is 18.7. The number of nitrogens with one attached hydrogen (secondary N) is 1. The Labute approximate surface area is 149 Å². The SMILES string of the molecule is CC(=O)NCC1CN(c2cc(F)c(-n3cc4c(c3)S4=O)c(F)c2)C(=O)O1. The molecule has 1 aromatic carbocycles. The Morgan fingerprint density at radius 1 is 1.31 bits per heavy atom. The fraction of sp³-hybridized carbons (Fsp3) is 0.250. The van der Waals surface area contributed by atoms with E-state index in [-0.39, 0.29) is 30.4 Å². The molecule has 1 N–H and O–H groups in total. The molecule has 26 heavy (non-hydrogen) atoms. The molecule has 4 rings (SSSR count). The van der Waals surface area contributed by atoms with Crippen LogP contribution in [0.3, 0.4) is 0 Å². The monoisotopic (exact) mass is 381 g/mol. The van der Waals surface area contributed by atoms with E-state index in [4.69, 9.17) is 4.74 Å². The van der Waals surface area contributed by atoms with E-state index in [1.54, 1.807) is 0 Å². The number of cyclic esters (lactones) is 1. The Morgan fingerprint density at radius 3 is 2.50 bits per heavy atom. The molecule has 1 saturated heterocycles. The Bertz CT molecular complexity index is 928. The summed E-state index contributed by atoms with van der Waals surface area (Å²) >= 11 is 0. The van der Waals surface area contributed by atoms with Crippen LogP contribution in [0.15, 0.2) is 34.3 Å². The molecule has 1 fully saturated rings. The van der Waals surface area contributed by atoms with Crippen LogP contribution in [0.1, 0.15) is 6.92 Å². The number of halogens is 2. The predicted octanol–water partition coefficient (Wildman–Crippen LogP) is 1.70. The molecule has 0 aliphatic carbocycles. The Morgan fingerprint density at radius 2 is 1.92 bits per heavy atom. The van der Waals surface area contributed by atoms with Gasteiger partial charge in [-0.15, -0.1) is 0 Å². The smallest absolute Gasteiger partial charge is 0.414 e. The van der Waals surface area contributed by atoms with Crippen LogP contribution < -0.4 is 10.2 Å². The number of ether oxygens (including phenoxy) is 1. The minimum atomic E-state index is -1.15. The summed E-state index contributed by atoms with van der Waals surface area (Å²) < 4.78 is 46.6. The van der Waals surface area contributed by atoms with Crippen molar-refractivity contribution in [3.8, 4) is 5.69 Å². The average Bonchev–Trinajstić information content (AvgIpc) is 2.93. The zero-order chi connectivity index (χ0) is 18.6. The third kappa shape index (κ3) is 2.75. The molecule has 136 valence electrons. The van der Waals surface area contributed by atoms with Gasteiger partial charge in [-0.2, -0.15) is 0 Å². The molecule has 7 nitrogen and oxygen atoms in total. The second-order valence-electron chi connectivity index (χ2n) is 5.97. The first-order valence-corrected chi connectivity index (χ1v) is 8.86. The topological polar surface area (TPSA) is 80.6 Å². The van der Waals surface area contributed by atoms with Crippen molar-refractivity contribution in [2.24, 2.45) is 0 Å². The zero-order valence-electron chi connectivity index (χ0n) is 13.5. The van der Waals surface area contributed by atoms with Gasteiger partial charge in [-0.1, -0.05) is 0 Å². The summed E-state index contributed by atoms with van der Waals surface area (Å²) in [6, 6.07) is 2.08. The highest BCUT2D eigenvalue weighted by Crippen LogP contribution is 2.38. The summed E-state index contributed by atoms with van der Waals surface area (Å²) in [5.74, 6) is -1.99. The van der Waals surface area contributed by atoms with Crippen LogP contribution in [-0.2, 0) is 20.3 Å². The maximum Gasteiger partial charge on any atom is 0.414 e. The molecule has 0 radical (unpaired) electrons. The van der Waals surface area contributed by atoms with Crippen LogP contribution >= 0.6 is 0 Å². The lowest BCUT2D eigenvalue weighted by Gasteiger charge is -2.15. The van der Waals surface area contributed by atoms with Crippen LogP contribution in [0, 0.1) is 11.6 Å². The number of rotatable bonds is 4. The highest BCUT2D eigenvalue weighted by atomic mass is 32.2. The van der Waals surface area contributed by atoms with Crippen molar-refractivity contribution in [2.75, 3.05) is 18.0 Å². The number of amides is 2. The van der Waals surface area contributed by atoms with Crippen molar-refractivity contribution >= 4 is 28.5 Å². The Balaban J connectivity index is 1.57. The first-order valence-electron chi connectivity index (χ1n) is 7.71. The third-order valence-electron chi connectivity index (χ3n) is 4.14. The number of hydrogen-bond acceptors (Lipinski definition) is 4. The highest BCUT2D eigenvalue weighted by molar-refractivity contribution is 7.90. The molecule has 2 aliphatic heterocycles. The number of fused-ring (bicyclic) bond motifs is 1.